The number of unbranched alkanes of at least 4 members (excludes halogenated alkanes) is 1. The van der Waals surface area contributed by atoms with Crippen LogP contribution in [0.3, 0.4) is 0 Å². The third-order valence-corrected chi connectivity index (χ3v) is 2.29. The van der Waals surface area contributed by atoms with Crippen molar-refractivity contribution in [2.75, 3.05) is 13.2 Å². The van der Waals surface area contributed by atoms with Gasteiger partial charge in [-0.05, 0) is 30.7 Å². The van der Waals surface area contributed by atoms with Crippen LogP contribution in [-0.2, 0) is 6.54 Å². The first-order chi connectivity index (χ1) is 8.36. The molecule has 90 valence electrons. The maximum Gasteiger partial charge on any atom is 0.119 e. The van der Waals surface area contributed by atoms with Crippen LogP contribution in [0.4, 0.5) is 0 Å². The van der Waals surface area contributed by atoms with Gasteiger partial charge in [0.15, 0.2) is 0 Å². The zero-order valence-corrected chi connectivity index (χ0v) is 10.1. The smallest absolute Gasteiger partial charge is 0.119 e. The minimum absolute atomic E-state index is 0.545. The van der Waals surface area contributed by atoms with Crippen molar-refractivity contribution in [1.82, 2.24) is 5.32 Å². The molecular weight excluding hydrogens is 210 g/mol. The number of rotatable bonds is 8. The summed E-state index contributed by atoms with van der Waals surface area (Å²) < 4.78 is 5.41. The van der Waals surface area contributed by atoms with Crippen LogP contribution in [0.15, 0.2) is 36.9 Å². The molecule has 0 saturated heterocycles. The molecule has 1 aromatic rings. The van der Waals surface area contributed by atoms with Gasteiger partial charge < -0.3 is 10.1 Å². The van der Waals surface area contributed by atoms with Gasteiger partial charge in [-0.25, -0.2) is 0 Å². The van der Waals surface area contributed by atoms with Crippen LogP contribution in [0.25, 0.3) is 0 Å². The Labute approximate surface area is 104 Å². The summed E-state index contributed by atoms with van der Waals surface area (Å²) in [5.41, 5.74) is 1.25. The van der Waals surface area contributed by atoms with Crippen LogP contribution in [0.2, 0.25) is 0 Å². The number of terminal acetylenes is 1. The molecule has 0 radical (unpaired) electrons. The summed E-state index contributed by atoms with van der Waals surface area (Å²) in [7, 11) is 0. The van der Waals surface area contributed by atoms with Crippen LogP contribution in [-0.4, -0.2) is 13.2 Å². The zero-order valence-electron chi connectivity index (χ0n) is 10.1. The van der Waals surface area contributed by atoms with E-state index in [4.69, 9.17) is 11.2 Å². The molecule has 1 N–H and O–H groups in total. The maximum absolute atomic E-state index is 5.41. The first-order valence-electron chi connectivity index (χ1n) is 5.83. The van der Waals surface area contributed by atoms with Crippen molar-refractivity contribution >= 4 is 0 Å². The van der Waals surface area contributed by atoms with E-state index in [1.165, 1.54) is 5.56 Å². The van der Waals surface area contributed by atoms with Gasteiger partial charge in [0.05, 0.1) is 0 Å². The van der Waals surface area contributed by atoms with Gasteiger partial charge in [0.25, 0.3) is 0 Å². The fourth-order valence-electron chi connectivity index (χ4n) is 1.41. The minimum atomic E-state index is 0.545. The normalized spacial score (nSPS) is 9.59. The quantitative estimate of drug-likeness (QED) is 0.420. The summed E-state index contributed by atoms with van der Waals surface area (Å²) >= 11 is 0. The lowest BCUT2D eigenvalue weighted by Crippen LogP contribution is -2.14. The number of hydrogen-bond acceptors (Lipinski definition) is 2. The SMILES string of the molecule is C#CCCCNCc1ccc(OCC=C)cc1. The van der Waals surface area contributed by atoms with Crippen LogP contribution in [0, 0.1) is 12.3 Å². The highest BCUT2D eigenvalue weighted by molar-refractivity contribution is 5.27. The van der Waals surface area contributed by atoms with Gasteiger partial charge in [-0.3, -0.25) is 0 Å². The molecule has 2 heteroatoms. The maximum atomic E-state index is 5.41. The van der Waals surface area contributed by atoms with E-state index in [1.807, 2.05) is 12.1 Å². The van der Waals surface area contributed by atoms with Crippen LogP contribution < -0.4 is 10.1 Å². The number of hydrogen-bond donors (Lipinski definition) is 1. The monoisotopic (exact) mass is 229 g/mol. The molecular formula is C15H19NO. The predicted molar refractivity (Wildman–Crippen MR) is 71.9 cm³/mol. The molecule has 1 rings (SSSR count). The van der Waals surface area contributed by atoms with Crippen molar-refractivity contribution in [2.45, 2.75) is 19.4 Å². The lowest BCUT2D eigenvalue weighted by Gasteiger charge is -2.06. The summed E-state index contributed by atoms with van der Waals surface area (Å²) in [4.78, 5) is 0. The van der Waals surface area contributed by atoms with Gasteiger partial charge in [-0.1, -0.05) is 24.8 Å². The topological polar surface area (TPSA) is 21.3 Å². The Kier molecular flexibility index (Phi) is 6.62. The van der Waals surface area contributed by atoms with E-state index in [9.17, 15) is 0 Å². The molecule has 0 atom stereocenters. The van der Waals surface area contributed by atoms with Crippen molar-refractivity contribution in [1.29, 1.82) is 0 Å². The average molecular weight is 229 g/mol. The first-order valence-corrected chi connectivity index (χ1v) is 5.83. The van der Waals surface area contributed by atoms with E-state index in [1.54, 1.807) is 6.08 Å². The Hall–Kier alpha value is -1.72. The Bertz CT molecular complexity index is 362. The molecule has 2 nitrogen and oxygen atoms in total. The first kappa shape index (κ1) is 13.3. The average Bonchev–Trinajstić information content (AvgIpc) is 2.37. The number of benzene rings is 1. The molecule has 0 spiro atoms. The Morgan fingerprint density at radius 1 is 1.35 bits per heavy atom. The second kappa shape index (κ2) is 8.43. The highest BCUT2D eigenvalue weighted by Crippen LogP contribution is 2.11. The molecule has 0 aliphatic carbocycles. The molecule has 1 aromatic carbocycles. The van der Waals surface area contributed by atoms with E-state index < -0.39 is 0 Å². The second-order valence-corrected chi connectivity index (χ2v) is 3.73. The lowest BCUT2D eigenvalue weighted by atomic mass is 10.2. The molecule has 0 amide bonds. The van der Waals surface area contributed by atoms with E-state index in [-0.39, 0.29) is 0 Å². The molecule has 0 heterocycles. The summed E-state index contributed by atoms with van der Waals surface area (Å²) in [6.07, 6.45) is 8.78. The molecule has 0 saturated carbocycles. The molecule has 0 aliphatic rings. The van der Waals surface area contributed by atoms with E-state index >= 15 is 0 Å². The largest absolute Gasteiger partial charge is 0.490 e. The fraction of sp³-hybridized carbons (Fsp3) is 0.333. The van der Waals surface area contributed by atoms with Crippen LogP contribution in [0.5, 0.6) is 5.75 Å². The molecule has 0 aliphatic heterocycles. The van der Waals surface area contributed by atoms with Gasteiger partial charge in [-0.2, -0.15) is 0 Å². The summed E-state index contributed by atoms with van der Waals surface area (Å²) in [5, 5.41) is 3.35. The summed E-state index contributed by atoms with van der Waals surface area (Å²) in [6, 6.07) is 8.07. The number of ether oxygens (including phenoxy) is 1. The Balaban J connectivity index is 2.25. The third kappa shape index (κ3) is 5.79. The third-order valence-electron chi connectivity index (χ3n) is 2.29. The van der Waals surface area contributed by atoms with Crippen molar-refractivity contribution < 1.29 is 4.74 Å². The summed E-state index contributed by atoms with van der Waals surface area (Å²) in [5.74, 6) is 3.50. The molecule has 0 bridgehead atoms. The van der Waals surface area contributed by atoms with Crippen molar-refractivity contribution in [2.24, 2.45) is 0 Å². The van der Waals surface area contributed by atoms with Crippen molar-refractivity contribution in [3.05, 3.63) is 42.5 Å². The van der Waals surface area contributed by atoms with E-state index in [0.29, 0.717) is 6.61 Å². The Morgan fingerprint density at radius 2 is 2.12 bits per heavy atom. The standard InChI is InChI=1S/C15H19NO/c1-3-5-6-11-16-13-14-7-9-15(10-8-14)17-12-4-2/h1,4,7-10,16H,2,5-6,11-13H2. The van der Waals surface area contributed by atoms with Gasteiger partial charge in [0.2, 0.25) is 0 Å². The minimum Gasteiger partial charge on any atom is -0.490 e. The lowest BCUT2D eigenvalue weighted by molar-refractivity contribution is 0.363. The molecule has 0 aromatic heterocycles. The molecule has 17 heavy (non-hydrogen) atoms. The van der Waals surface area contributed by atoms with Gasteiger partial charge >= 0.3 is 0 Å². The molecule has 0 unspecified atom stereocenters. The van der Waals surface area contributed by atoms with Gasteiger partial charge in [0.1, 0.15) is 12.4 Å². The van der Waals surface area contributed by atoms with Gasteiger partial charge in [0, 0.05) is 13.0 Å². The van der Waals surface area contributed by atoms with Crippen molar-refractivity contribution in [3.63, 3.8) is 0 Å². The summed E-state index contributed by atoms with van der Waals surface area (Å²) in [6.45, 7) is 5.98. The van der Waals surface area contributed by atoms with Crippen LogP contribution >= 0.6 is 0 Å². The highest BCUT2D eigenvalue weighted by Gasteiger charge is 1.94. The van der Waals surface area contributed by atoms with E-state index in [0.717, 1.165) is 31.7 Å². The van der Waals surface area contributed by atoms with Crippen molar-refractivity contribution in [3.8, 4) is 18.1 Å². The fourth-order valence-corrected chi connectivity index (χ4v) is 1.41. The predicted octanol–water partition coefficient (Wildman–Crippen LogP) is 2.75. The molecule has 0 fully saturated rings. The van der Waals surface area contributed by atoms with E-state index in [2.05, 4.69) is 29.9 Å². The van der Waals surface area contributed by atoms with Crippen LogP contribution in [0.1, 0.15) is 18.4 Å². The zero-order chi connectivity index (χ0) is 12.3. The second-order valence-electron chi connectivity index (χ2n) is 3.73. The highest BCUT2D eigenvalue weighted by atomic mass is 16.5. The Morgan fingerprint density at radius 3 is 2.76 bits per heavy atom. The number of nitrogens with one attached hydrogen (secondary N) is 1. The van der Waals surface area contributed by atoms with Gasteiger partial charge in [-0.15, -0.1) is 12.3 Å².